The van der Waals surface area contributed by atoms with Gasteiger partial charge in [0, 0.05) is 5.56 Å². The quantitative estimate of drug-likeness (QED) is 0.267. The molecular weight excluding hydrogens is 476 g/mol. The van der Waals surface area contributed by atoms with Crippen LogP contribution in [0.15, 0.2) is 82.5 Å². The molecule has 0 atom stereocenters. The lowest BCUT2D eigenvalue weighted by Crippen LogP contribution is -2.19. The van der Waals surface area contributed by atoms with Gasteiger partial charge in [-0.2, -0.15) is 9.78 Å². The third-order valence-electron chi connectivity index (χ3n) is 5.63. The van der Waals surface area contributed by atoms with E-state index in [2.05, 4.69) is 31.2 Å². The predicted octanol–water partition coefficient (Wildman–Crippen LogP) is 3.06. The summed E-state index contributed by atoms with van der Waals surface area (Å²) in [5, 5.41) is 19.5. The van der Waals surface area contributed by atoms with E-state index in [0.29, 0.717) is 22.8 Å². The molecule has 182 valence electrons. The van der Waals surface area contributed by atoms with Crippen molar-refractivity contribution >= 4 is 17.9 Å². The number of carbonyl (C=O) groups excluding carboxylic acids is 1. The number of hydrogen-bond acceptors (Lipinski definition) is 10. The first-order chi connectivity index (χ1) is 18.2. The van der Waals surface area contributed by atoms with Crippen molar-refractivity contribution in [2.45, 2.75) is 0 Å². The molecule has 1 amide bonds. The van der Waals surface area contributed by atoms with Gasteiger partial charge in [0.05, 0.1) is 6.21 Å². The van der Waals surface area contributed by atoms with Gasteiger partial charge < -0.3 is 15.2 Å². The Kier molecular flexibility index (Phi) is 5.50. The first-order valence-electron chi connectivity index (χ1n) is 11.1. The average Bonchev–Trinajstić information content (AvgIpc) is 3.68. The van der Waals surface area contributed by atoms with Crippen LogP contribution >= 0.6 is 0 Å². The van der Waals surface area contributed by atoms with Crippen LogP contribution in [-0.2, 0) is 0 Å². The monoisotopic (exact) mass is 494 g/mol. The lowest BCUT2D eigenvalue weighted by atomic mass is 10.0. The van der Waals surface area contributed by atoms with Crippen LogP contribution in [0.2, 0.25) is 0 Å². The van der Waals surface area contributed by atoms with E-state index >= 15 is 0 Å². The predicted molar refractivity (Wildman–Crippen MR) is 132 cm³/mol. The smallest absolute Gasteiger partial charge is 0.294 e. The van der Waals surface area contributed by atoms with E-state index in [1.165, 1.54) is 10.9 Å². The van der Waals surface area contributed by atoms with Crippen molar-refractivity contribution in [1.29, 1.82) is 0 Å². The number of nitrogen functional groups attached to an aromatic ring is 1. The largest absolute Gasteiger partial charge is 0.454 e. The molecule has 12 heteroatoms. The molecule has 0 saturated heterocycles. The Bertz CT molecular complexity index is 1610. The van der Waals surface area contributed by atoms with Crippen LogP contribution in [0.25, 0.3) is 28.2 Å². The fourth-order valence-corrected chi connectivity index (χ4v) is 3.83. The molecule has 0 bridgehead atoms. The number of ether oxygens (including phenoxy) is 2. The minimum atomic E-state index is -0.592. The third kappa shape index (κ3) is 4.23. The molecule has 0 spiro atoms. The van der Waals surface area contributed by atoms with Crippen molar-refractivity contribution in [2.75, 3.05) is 12.5 Å². The first-order valence-corrected chi connectivity index (χ1v) is 11.1. The van der Waals surface area contributed by atoms with Gasteiger partial charge in [0.1, 0.15) is 5.69 Å². The number of nitrogens with zero attached hydrogens (tertiary/aromatic N) is 6. The van der Waals surface area contributed by atoms with Crippen LogP contribution in [0.1, 0.15) is 16.1 Å². The second kappa shape index (κ2) is 9.26. The summed E-state index contributed by atoms with van der Waals surface area (Å²) < 4.78 is 16.8. The molecule has 12 nitrogen and oxygen atoms in total. The number of aromatic nitrogens is 5. The highest BCUT2D eigenvalue weighted by molar-refractivity contribution is 5.99. The number of hydrazone groups is 1. The van der Waals surface area contributed by atoms with Crippen molar-refractivity contribution in [3.05, 3.63) is 84.1 Å². The highest BCUT2D eigenvalue weighted by atomic mass is 16.7. The molecule has 0 radical (unpaired) electrons. The fraction of sp³-hybridized carbons (Fsp3) is 0.0400. The zero-order chi connectivity index (χ0) is 25.2. The van der Waals surface area contributed by atoms with Gasteiger partial charge in [-0.25, -0.2) is 10.1 Å². The van der Waals surface area contributed by atoms with E-state index in [9.17, 15) is 4.79 Å². The summed E-state index contributed by atoms with van der Waals surface area (Å²) >= 11 is 0. The summed E-state index contributed by atoms with van der Waals surface area (Å²) in [5.74, 6) is 0.572. The molecule has 0 saturated carbocycles. The molecule has 0 fully saturated rings. The van der Waals surface area contributed by atoms with Crippen LogP contribution in [-0.4, -0.2) is 44.2 Å². The molecule has 2 aromatic heterocycles. The van der Waals surface area contributed by atoms with Gasteiger partial charge in [-0.15, -0.1) is 5.10 Å². The Morgan fingerprint density at radius 3 is 2.49 bits per heavy atom. The fourth-order valence-electron chi connectivity index (χ4n) is 3.83. The van der Waals surface area contributed by atoms with E-state index < -0.39 is 5.91 Å². The normalized spacial score (nSPS) is 12.2. The molecule has 3 N–H and O–H groups in total. The lowest BCUT2D eigenvalue weighted by molar-refractivity contribution is 0.0950. The van der Waals surface area contributed by atoms with Crippen molar-refractivity contribution in [3.63, 3.8) is 0 Å². The van der Waals surface area contributed by atoms with Crippen molar-refractivity contribution in [3.8, 4) is 39.7 Å². The molecule has 3 aromatic carbocycles. The lowest BCUT2D eigenvalue weighted by Gasteiger charge is -2.07. The molecule has 6 rings (SSSR count). The summed E-state index contributed by atoms with van der Waals surface area (Å²) in [7, 11) is 0. The Morgan fingerprint density at radius 1 is 0.946 bits per heavy atom. The number of benzene rings is 3. The van der Waals surface area contributed by atoms with E-state index in [-0.39, 0.29) is 24.1 Å². The molecule has 1 aliphatic rings. The Hall–Kier alpha value is -5.52. The number of hydrogen-bond donors (Lipinski definition) is 2. The molecule has 5 aromatic rings. The maximum Gasteiger partial charge on any atom is 0.294 e. The summed E-state index contributed by atoms with van der Waals surface area (Å²) in [5.41, 5.74) is 12.2. The summed E-state index contributed by atoms with van der Waals surface area (Å²) in [6.45, 7) is 0.102. The van der Waals surface area contributed by atoms with Crippen LogP contribution in [0.4, 0.5) is 5.82 Å². The molecule has 1 aliphatic heterocycles. The zero-order valence-corrected chi connectivity index (χ0v) is 19.1. The van der Waals surface area contributed by atoms with Crippen LogP contribution < -0.4 is 20.6 Å². The minimum absolute atomic E-state index is 0.0159. The van der Waals surface area contributed by atoms with Gasteiger partial charge >= 0.3 is 0 Å². The minimum Gasteiger partial charge on any atom is -0.454 e. The highest BCUT2D eigenvalue weighted by Gasteiger charge is 2.26. The number of nitrogens with one attached hydrogen (secondary N) is 1. The Morgan fingerprint density at radius 2 is 1.70 bits per heavy atom. The van der Waals surface area contributed by atoms with E-state index in [4.69, 9.17) is 19.8 Å². The standard InChI is InChI=1S/C25H18N8O4/c26-23-24(31-37-30-23)33-22(18-10-11-19-20(12-18)36-14-35-19)21(28-32-33)25(34)29-27-13-15-6-8-17(9-7-15)16-4-2-1-3-5-16/h1-13H,14H2,(H2,26,30)(H,29,34). The maximum atomic E-state index is 13.1. The highest BCUT2D eigenvalue weighted by Crippen LogP contribution is 2.37. The second-order valence-electron chi connectivity index (χ2n) is 7.93. The SMILES string of the molecule is Nc1nonc1-n1nnc(C(=O)NN=Cc2ccc(-c3ccccc3)cc2)c1-c1ccc2c(c1)OCO2. The summed E-state index contributed by atoms with van der Waals surface area (Å²) in [6, 6.07) is 23.0. The topological polar surface area (TPSA) is 156 Å². The number of rotatable bonds is 6. The van der Waals surface area contributed by atoms with Gasteiger partial charge in [-0.05, 0) is 45.2 Å². The second-order valence-corrected chi connectivity index (χ2v) is 7.93. The van der Waals surface area contributed by atoms with Gasteiger partial charge in [0.2, 0.25) is 18.4 Å². The van der Waals surface area contributed by atoms with Gasteiger partial charge in [-0.1, -0.05) is 59.8 Å². The van der Waals surface area contributed by atoms with Gasteiger partial charge in [0.15, 0.2) is 17.2 Å². The molecular formula is C25H18N8O4. The Balaban J connectivity index is 1.27. The maximum absolute atomic E-state index is 13.1. The van der Waals surface area contributed by atoms with Crippen molar-refractivity contribution < 1.29 is 18.9 Å². The number of nitrogens with two attached hydrogens (primary N) is 1. The first kappa shape index (κ1) is 22.0. The van der Waals surface area contributed by atoms with E-state index in [0.717, 1.165) is 16.7 Å². The van der Waals surface area contributed by atoms with Crippen LogP contribution in [0, 0.1) is 0 Å². The van der Waals surface area contributed by atoms with Crippen LogP contribution in [0.3, 0.4) is 0 Å². The number of carbonyl (C=O) groups is 1. The summed E-state index contributed by atoms with van der Waals surface area (Å²) in [4.78, 5) is 13.1. The molecule has 0 unspecified atom stereocenters. The molecule has 37 heavy (non-hydrogen) atoms. The third-order valence-corrected chi connectivity index (χ3v) is 5.63. The van der Waals surface area contributed by atoms with Gasteiger partial charge in [0.25, 0.3) is 5.91 Å². The van der Waals surface area contributed by atoms with Crippen LogP contribution in [0.5, 0.6) is 11.5 Å². The average molecular weight is 494 g/mol. The van der Waals surface area contributed by atoms with E-state index in [1.807, 2.05) is 54.6 Å². The van der Waals surface area contributed by atoms with Gasteiger partial charge in [-0.3, -0.25) is 4.79 Å². The Labute approximate surface area is 209 Å². The van der Waals surface area contributed by atoms with Crippen molar-refractivity contribution in [1.82, 2.24) is 30.7 Å². The summed E-state index contributed by atoms with van der Waals surface area (Å²) in [6.07, 6.45) is 1.54. The number of anilines is 1. The zero-order valence-electron chi connectivity index (χ0n) is 19.1. The van der Waals surface area contributed by atoms with Crippen molar-refractivity contribution in [2.24, 2.45) is 5.10 Å². The van der Waals surface area contributed by atoms with E-state index in [1.54, 1.807) is 18.2 Å². The molecule has 3 heterocycles. The number of fused-ring (bicyclic) bond motifs is 1. The molecule has 0 aliphatic carbocycles. The number of amides is 1.